The number of rotatable bonds is 2. The van der Waals surface area contributed by atoms with Gasteiger partial charge in [0.05, 0.1) is 6.10 Å². The molecule has 0 heterocycles. The average Bonchev–Trinajstić information content (AvgIpc) is 2.27. The Morgan fingerprint density at radius 3 is 2.61 bits per heavy atom. The third kappa shape index (κ3) is 3.63. The fourth-order valence-electron chi connectivity index (χ4n) is 3.00. The maximum atomic E-state index is 10.5. The molecule has 1 aromatic carbocycles. The Labute approximate surface area is 121 Å². The summed E-state index contributed by atoms with van der Waals surface area (Å²) in [6.07, 6.45) is 4.25. The summed E-state index contributed by atoms with van der Waals surface area (Å²) in [5.74, 6) is 0.346. The Kier molecular flexibility index (Phi) is 5.51. The van der Waals surface area contributed by atoms with Crippen LogP contribution in [0.2, 0.25) is 5.02 Å². The molecule has 1 saturated carbocycles. The van der Waals surface area contributed by atoms with Gasteiger partial charge in [-0.25, -0.2) is 0 Å². The van der Waals surface area contributed by atoms with E-state index in [1.807, 2.05) is 24.3 Å². The zero-order valence-electron chi connectivity index (χ0n) is 11.0. The van der Waals surface area contributed by atoms with E-state index in [4.69, 9.17) is 11.6 Å². The molecule has 1 aromatic rings. The molecule has 1 aliphatic carbocycles. The van der Waals surface area contributed by atoms with Crippen molar-refractivity contribution in [2.24, 2.45) is 11.3 Å². The second-order valence-electron chi connectivity index (χ2n) is 5.99. The molecule has 0 bridgehead atoms. The van der Waals surface area contributed by atoms with Gasteiger partial charge in [-0.1, -0.05) is 50.1 Å². The summed E-state index contributed by atoms with van der Waals surface area (Å²) in [5, 5.41) is 11.2. The van der Waals surface area contributed by atoms with Gasteiger partial charge in [-0.05, 0) is 42.2 Å². The van der Waals surface area contributed by atoms with Crippen LogP contribution in [0.5, 0.6) is 0 Å². The maximum Gasteiger partial charge on any atom is 0.0832 e. The Morgan fingerprint density at radius 2 is 2.00 bits per heavy atom. The van der Waals surface area contributed by atoms with Crippen LogP contribution in [0.15, 0.2) is 24.3 Å². The molecule has 1 N–H and O–H groups in total. The molecule has 0 spiro atoms. The molecule has 0 aliphatic heterocycles. The minimum Gasteiger partial charge on any atom is -0.388 e. The van der Waals surface area contributed by atoms with Gasteiger partial charge in [0, 0.05) is 5.02 Å². The lowest BCUT2D eigenvalue weighted by Crippen LogP contribution is -2.26. The van der Waals surface area contributed by atoms with Crippen LogP contribution in [0.25, 0.3) is 0 Å². The summed E-state index contributed by atoms with van der Waals surface area (Å²) in [7, 11) is 0. The molecule has 1 nitrogen and oxygen atoms in total. The summed E-state index contributed by atoms with van der Waals surface area (Å²) in [4.78, 5) is 0. The van der Waals surface area contributed by atoms with Crippen LogP contribution >= 0.6 is 24.0 Å². The number of hydrogen-bond donors (Lipinski definition) is 1. The molecule has 0 amide bonds. The van der Waals surface area contributed by atoms with Gasteiger partial charge in [0.1, 0.15) is 0 Å². The topological polar surface area (TPSA) is 20.2 Å². The Hall–Kier alpha value is -0.240. The highest BCUT2D eigenvalue weighted by Gasteiger charge is 2.33. The molecule has 2 atom stereocenters. The highest BCUT2D eigenvalue weighted by Crippen LogP contribution is 2.44. The fraction of sp³-hybridized carbons (Fsp3) is 0.600. The second kappa shape index (κ2) is 6.27. The van der Waals surface area contributed by atoms with E-state index in [1.165, 1.54) is 12.8 Å². The van der Waals surface area contributed by atoms with E-state index in [1.54, 1.807) is 0 Å². The van der Waals surface area contributed by atoms with Gasteiger partial charge >= 0.3 is 0 Å². The summed E-state index contributed by atoms with van der Waals surface area (Å²) < 4.78 is 0. The van der Waals surface area contributed by atoms with Crippen molar-refractivity contribution in [2.75, 3.05) is 0 Å². The first-order valence-electron chi connectivity index (χ1n) is 6.42. The van der Waals surface area contributed by atoms with Crippen molar-refractivity contribution in [3.63, 3.8) is 0 Å². The first-order valence-corrected chi connectivity index (χ1v) is 6.80. The molecule has 1 aliphatic rings. The van der Waals surface area contributed by atoms with Crippen molar-refractivity contribution in [3.05, 3.63) is 34.9 Å². The van der Waals surface area contributed by atoms with Gasteiger partial charge in [-0.15, -0.1) is 12.4 Å². The van der Waals surface area contributed by atoms with Gasteiger partial charge in [0.15, 0.2) is 0 Å². The molecular formula is C15H22Cl2O. The summed E-state index contributed by atoms with van der Waals surface area (Å²) in [5.41, 5.74) is 1.24. The van der Waals surface area contributed by atoms with Crippen LogP contribution in [-0.4, -0.2) is 5.11 Å². The smallest absolute Gasteiger partial charge is 0.0832 e. The third-order valence-corrected chi connectivity index (χ3v) is 4.26. The van der Waals surface area contributed by atoms with Crippen LogP contribution in [0.4, 0.5) is 0 Å². The number of aliphatic hydroxyl groups excluding tert-OH is 1. The van der Waals surface area contributed by atoms with Crippen molar-refractivity contribution in [1.29, 1.82) is 0 Å². The Morgan fingerprint density at radius 1 is 1.33 bits per heavy atom. The molecule has 1 fully saturated rings. The van der Waals surface area contributed by atoms with Gasteiger partial charge in [0.25, 0.3) is 0 Å². The number of aliphatic hydroxyl groups is 1. The lowest BCUT2D eigenvalue weighted by atomic mass is 9.70. The molecule has 0 saturated heterocycles. The summed E-state index contributed by atoms with van der Waals surface area (Å²) >= 11 is 6.15. The normalized spacial score (nSPS) is 24.1. The van der Waals surface area contributed by atoms with Gasteiger partial charge in [-0.2, -0.15) is 0 Å². The molecule has 102 valence electrons. The minimum atomic E-state index is -0.414. The van der Waals surface area contributed by atoms with Crippen LogP contribution < -0.4 is 0 Å². The van der Waals surface area contributed by atoms with Crippen LogP contribution in [-0.2, 0) is 0 Å². The maximum absolute atomic E-state index is 10.5. The number of halogens is 2. The first-order chi connectivity index (χ1) is 7.99. The second-order valence-corrected chi connectivity index (χ2v) is 6.39. The lowest BCUT2D eigenvalue weighted by molar-refractivity contribution is 0.0460. The van der Waals surface area contributed by atoms with Crippen LogP contribution in [0.3, 0.4) is 0 Å². The van der Waals surface area contributed by atoms with Crippen molar-refractivity contribution >= 4 is 24.0 Å². The number of hydrogen-bond acceptors (Lipinski definition) is 1. The lowest BCUT2D eigenvalue weighted by Gasteiger charge is -2.37. The van der Waals surface area contributed by atoms with E-state index in [0.29, 0.717) is 16.4 Å². The van der Waals surface area contributed by atoms with Gasteiger partial charge in [0.2, 0.25) is 0 Å². The molecule has 2 rings (SSSR count). The predicted octanol–water partition coefficient (Wildman–Crippen LogP) is 5.01. The van der Waals surface area contributed by atoms with Crippen LogP contribution in [0.1, 0.15) is 51.2 Å². The van der Waals surface area contributed by atoms with E-state index in [9.17, 15) is 5.11 Å². The molecule has 0 unspecified atom stereocenters. The molecule has 18 heavy (non-hydrogen) atoms. The minimum absolute atomic E-state index is 0. The standard InChI is InChI=1S/C15H21ClO.ClH/c1-15(2)9-5-6-11(10-15)14(17)12-7-3-4-8-13(12)16;/h3-4,7-8,11,14,17H,5-6,9-10H2,1-2H3;1H/t11-,14-;/m0./s1. The van der Waals surface area contributed by atoms with Crippen molar-refractivity contribution in [2.45, 2.75) is 45.6 Å². The summed E-state index contributed by atoms with van der Waals surface area (Å²) in [6.45, 7) is 4.58. The largest absolute Gasteiger partial charge is 0.388 e. The Bertz CT molecular complexity index is 390. The zero-order valence-corrected chi connectivity index (χ0v) is 12.6. The van der Waals surface area contributed by atoms with E-state index in [-0.39, 0.29) is 12.4 Å². The monoisotopic (exact) mass is 288 g/mol. The van der Waals surface area contributed by atoms with E-state index in [0.717, 1.165) is 18.4 Å². The van der Waals surface area contributed by atoms with E-state index in [2.05, 4.69) is 13.8 Å². The van der Waals surface area contributed by atoms with Crippen molar-refractivity contribution in [3.8, 4) is 0 Å². The van der Waals surface area contributed by atoms with Gasteiger partial charge in [-0.3, -0.25) is 0 Å². The van der Waals surface area contributed by atoms with Gasteiger partial charge < -0.3 is 5.11 Å². The summed E-state index contributed by atoms with van der Waals surface area (Å²) in [6, 6.07) is 7.64. The highest BCUT2D eigenvalue weighted by molar-refractivity contribution is 6.31. The molecule has 0 radical (unpaired) electrons. The van der Waals surface area contributed by atoms with E-state index >= 15 is 0 Å². The molecular weight excluding hydrogens is 267 g/mol. The van der Waals surface area contributed by atoms with E-state index < -0.39 is 6.10 Å². The highest BCUT2D eigenvalue weighted by atomic mass is 35.5. The first kappa shape index (κ1) is 15.8. The fourth-order valence-corrected chi connectivity index (χ4v) is 3.24. The SMILES string of the molecule is CC1(C)CCC[C@H]([C@H](O)c2ccccc2Cl)C1.Cl. The molecule has 3 heteroatoms. The van der Waals surface area contributed by atoms with Crippen molar-refractivity contribution in [1.82, 2.24) is 0 Å². The third-order valence-electron chi connectivity index (χ3n) is 3.91. The van der Waals surface area contributed by atoms with Crippen molar-refractivity contribution < 1.29 is 5.11 Å². The Balaban J connectivity index is 0.00000162. The van der Waals surface area contributed by atoms with Crippen LogP contribution in [0, 0.1) is 11.3 Å². The zero-order chi connectivity index (χ0) is 12.5. The quantitative estimate of drug-likeness (QED) is 0.811. The average molecular weight is 289 g/mol. The number of benzene rings is 1. The molecule has 0 aromatic heterocycles. The predicted molar refractivity (Wildman–Crippen MR) is 79.4 cm³/mol.